The van der Waals surface area contributed by atoms with Gasteiger partial charge in [-0.25, -0.2) is 4.79 Å². The molecule has 9 nitrogen and oxygen atoms in total. The van der Waals surface area contributed by atoms with E-state index in [0.717, 1.165) is 4.57 Å². The molecule has 0 aliphatic carbocycles. The van der Waals surface area contributed by atoms with Gasteiger partial charge in [-0.05, 0) is 32.4 Å². The van der Waals surface area contributed by atoms with Crippen molar-refractivity contribution in [2.45, 2.75) is 52.9 Å². The number of alkyl halides is 2. The van der Waals surface area contributed by atoms with Crippen LogP contribution < -0.4 is 20.7 Å². The molecule has 1 N–H and O–H groups in total. The number of aliphatic hydroxyl groups is 1. The lowest BCUT2D eigenvalue weighted by Crippen LogP contribution is -2.40. The van der Waals surface area contributed by atoms with E-state index >= 15 is 0 Å². The van der Waals surface area contributed by atoms with Crippen molar-refractivity contribution < 1.29 is 23.4 Å². The molecule has 0 spiro atoms. The minimum atomic E-state index is -3.36. The number of rotatable bonds is 9. The van der Waals surface area contributed by atoms with Crippen molar-refractivity contribution in [2.75, 3.05) is 6.61 Å². The molecule has 0 bridgehead atoms. The quantitative estimate of drug-likeness (QED) is 0.551. The molecular weight excluding hydrogens is 414 g/mol. The Kier molecular flexibility index (Phi) is 6.44. The van der Waals surface area contributed by atoms with Gasteiger partial charge in [0.2, 0.25) is 0 Å². The zero-order chi connectivity index (χ0) is 22.8. The van der Waals surface area contributed by atoms with Crippen molar-refractivity contribution in [3.05, 3.63) is 45.1 Å². The molecule has 1 aromatic carbocycles. The summed E-state index contributed by atoms with van der Waals surface area (Å²) in [5, 5.41) is 9.09. The van der Waals surface area contributed by atoms with Crippen LogP contribution in [-0.4, -0.2) is 36.5 Å². The van der Waals surface area contributed by atoms with Crippen molar-refractivity contribution in [2.24, 2.45) is 0 Å². The molecule has 0 unspecified atom stereocenters. The number of imidazole rings is 1. The Morgan fingerprint density at radius 2 is 1.77 bits per heavy atom. The highest BCUT2D eigenvalue weighted by Gasteiger charge is 2.24. The SMILES string of the molecule is CCn1c(Oc2cccc(OC(C)(F)F)c2)nc2c1c(=O)n(CCCO)c(=O)n2CC. The average molecular weight is 438 g/mol. The van der Waals surface area contributed by atoms with Crippen LogP contribution >= 0.6 is 0 Å². The maximum Gasteiger partial charge on any atom is 0.394 e. The minimum Gasteiger partial charge on any atom is -0.433 e. The lowest BCUT2D eigenvalue weighted by atomic mass is 10.3. The number of fused-ring (bicyclic) bond motifs is 1. The van der Waals surface area contributed by atoms with Crippen molar-refractivity contribution >= 4 is 11.2 Å². The summed E-state index contributed by atoms with van der Waals surface area (Å²) in [6.07, 6.45) is -3.10. The summed E-state index contributed by atoms with van der Waals surface area (Å²) in [5.74, 6) is 0.0822. The summed E-state index contributed by atoms with van der Waals surface area (Å²) < 4.78 is 40.6. The van der Waals surface area contributed by atoms with Gasteiger partial charge in [-0.1, -0.05) is 6.07 Å². The molecule has 0 fully saturated rings. The number of nitrogens with zero attached hydrogens (tertiary/aromatic N) is 4. The van der Waals surface area contributed by atoms with Crippen molar-refractivity contribution in [1.82, 2.24) is 18.7 Å². The smallest absolute Gasteiger partial charge is 0.394 e. The standard InChI is InChI=1S/C20H24F2N4O5/c1-4-24-15-16(25(5-2)19(29)26(17(15)28)10-7-11-27)23-18(24)30-13-8-6-9-14(12-13)31-20(3,21)22/h6,8-9,12,27H,4-5,7,10-11H2,1-3H3. The number of ether oxygens (including phenoxy) is 2. The van der Waals surface area contributed by atoms with Crippen molar-refractivity contribution in [3.63, 3.8) is 0 Å². The van der Waals surface area contributed by atoms with Crippen LogP contribution in [0.5, 0.6) is 17.5 Å². The molecule has 0 radical (unpaired) electrons. The Morgan fingerprint density at radius 3 is 2.39 bits per heavy atom. The van der Waals surface area contributed by atoms with E-state index in [1.165, 1.54) is 33.4 Å². The fourth-order valence-electron chi connectivity index (χ4n) is 3.27. The summed E-state index contributed by atoms with van der Waals surface area (Å²) in [6.45, 7) is 4.65. The molecule has 0 saturated carbocycles. The first-order valence-electron chi connectivity index (χ1n) is 9.89. The molecule has 0 atom stereocenters. The molecule has 0 aliphatic heterocycles. The Labute approximate surface area is 176 Å². The van der Waals surface area contributed by atoms with E-state index in [1.807, 2.05) is 0 Å². The molecule has 168 valence electrons. The highest BCUT2D eigenvalue weighted by molar-refractivity contribution is 5.72. The predicted octanol–water partition coefficient (Wildman–Crippen LogP) is 2.57. The molecule has 0 aliphatic rings. The third kappa shape index (κ3) is 4.61. The first-order chi connectivity index (χ1) is 14.7. The molecule has 2 heterocycles. The number of hydrogen-bond donors (Lipinski definition) is 1. The third-order valence-corrected chi connectivity index (χ3v) is 4.56. The Morgan fingerprint density at radius 1 is 1.10 bits per heavy atom. The zero-order valence-corrected chi connectivity index (χ0v) is 17.5. The fraction of sp³-hybridized carbons (Fsp3) is 0.450. The fourth-order valence-corrected chi connectivity index (χ4v) is 3.27. The van der Waals surface area contributed by atoms with E-state index in [-0.39, 0.29) is 54.8 Å². The lowest BCUT2D eigenvalue weighted by Gasteiger charge is -2.14. The van der Waals surface area contributed by atoms with Gasteiger partial charge < -0.3 is 14.6 Å². The number of aryl methyl sites for hydroxylation is 2. The van der Waals surface area contributed by atoms with Gasteiger partial charge in [0.25, 0.3) is 5.56 Å². The topological polar surface area (TPSA) is 101 Å². The van der Waals surface area contributed by atoms with Crippen LogP contribution in [0.3, 0.4) is 0 Å². The van der Waals surface area contributed by atoms with Crippen LogP contribution in [0.15, 0.2) is 33.9 Å². The van der Waals surface area contributed by atoms with Crippen molar-refractivity contribution in [1.29, 1.82) is 0 Å². The molecule has 11 heteroatoms. The van der Waals surface area contributed by atoms with Crippen LogP contribution in [-0.2, 0) is 19.6 Å². The first-order valence-corrected chi connectivity index (χ1v) is 9.89. The summed E-state index contributed by atoms with van der Waals surface area (Å²) in [4.78, 5) is 30.1. The van der Waals surface area contributed by atoms with Crippen LogP contribution in [0.1, 0.15) is 27.2 Å². The van der Waals surface area contributed by atoms with E-state index in [4.69, 9.17) is 9.84 Å². The van der Waals surface area contributed by atoms with Gasteiger partial charge >= 0.3 is 17.8 Å². The average Bonchev–Trinajstić information content (AvgIpc) is 3.05. The van der Waals surface area contributed by atoms with Crippen LogP contribution in [0, 0.1) is 0 Å². The zero-order valence-electron chi connectivity index (χ0n) is 17.5. The van der Waals surface area contributed by atoms with E-state index < -0.39 is 17.4 Å². The molecule has 0 saturated heterocycles. The van der Waals surface area contributed by atoms with Gasteiger partial charge in [0.1, 0.15) is 11.5 Å². The number of benzene rings is 1. The highest BCUT2D eigenvalue weighted by Crippen LogP contribution is 2.29. The first kappa shape index (κ1) is 22.5. The second-order valence-electron chi connectivity index (χ2n) is 6.86. The Bertz CT molecular complexity index is 1190. The van der Waals surface area contributed by atoms with E-state index in [2.05, 4.69) is 9.72 Å². The van der Waals surface area contributed by atoms with Crippen molar-refractivity contribution in [3.8, 4) is 17.5 Å². The molecule has 0 amide bonds. The second-order valence-corrected chi connectivity index (χ2v) is 6.86. The Balaban J connectivity index is 2.13. The summed E-state index contributed by atoms with van der Waals surface area (Å²) in [6, 6.07) is 5.70. The van der Waals surface area contributed by atoms with Gasteiger partial charge in [0.15, 0.2) is 11.2 Å². The second kappa shape index (κ2) is 8.88. The summed E-state index contributed by atoms with van der Waals surface area (Å²) >= 11 is 0. The maximum absolute atomic E-state index is 13.2. The van der Waals surface area contributed by atoms with E-state index in [0.29, 0.717) is 13.5 Å². The number of hydrogen-bond acceptors (Lipinski definition) is 6. The number of aromatic nitrogens is 4. The monoisotopic (exact) mass is 438 g/mol. The van der Waals surface area contributed by atoms with E-state index in [9.17, 15) is 18.4 Å². The van der Waals surface area contributed by atoms with Gasteiger partial charge in [-0.15, -0.1) is 0 Å². The lowest BCUT2D eigenvalue weighted by molar-refractivity contribution is -0.158. The van der Waals surface area contributed by atoms with Crippen LogP contribution in [0.2, 0.25) is 0 Å². The maximum atomic E-state index is 13.2. The molecule has 3 aromatic rings. The van der Waals surface area contributed by atoms with Gasteiger partial charge in [-0.2, -0.15) is 13.8 Å². The van der Waals surface area contributed by atoms with Gasteiger partial charge in [0, 0.05) is 39.2 Å². The van der Waals surface area contributed by atoms with Gasteiger partial charge in [-0.3, -0.25) is 18.5 Å². The third-order valence-electron chi connectivity index (χ3n) is 4.56. The molecule has 3 rings (SSSR count). The largest absolute Gasteiger partial charge is 0.433 e. The Hall–Kier alpha value is -3.21. The highest BCUT2D eigenvalue weighted by atomic mass is 19.3. The number of aliphatic hydroxyl groups excluding tert-OH is 1. The number of halogens is 2. The predicted molar refractivity (Wildman–Crippen MR) is 109 cm³/mol. The van der Waals surface area contributed by atoms with Crippen LogP contribution in [0.4, 0.5) is 8.78 Å². The van der Waals surface area contributed by atoms with Crippen LogP contribution in [0.25, 0.3) is 11.2 Å². The normalized spacial score (nSPS) is 11.8. The van der Waals surface area contributed by atoms with E-state index in [1.54, 1.807) is 13.8 Å². The molecule has 2 aromatic heterocycles. The minimum absolute atomic E-state index is 0.0384. The molecular formula is C20H24F2N4O5. The molecule has 31 heavy (non-hydrogen) atoms. The summed E-state index contributed by atoms with van der Waals surface area (Å²) in [5.41, 5.74) is -0.710. The van der Waals surface area contributed by atoms with Gasteiger partial charge in [0.05, 0.1) is 0 Å². The summed E-state index contributed by atoms with van der Waals surface area (Å²) in [7, 11) is 0.